The molecule has 0 aliphatic carbocycles. The molecule has 0 radical (unpaired) electrons. The van der Waals surface area contributed by atoms with Crippen LogP contribution in [0.5, 0.6) is 5.75 Å². The van der Waals surface area contributed by atoms with Crippen molar-refractivity contribution in [2.24, 2.45) is 12.0 Å². The molecule has 11 heteroatoms. The molecular formula is C21H33ClIN7O2. The molecule has 1 aliphatic rings. The first kappa shape index (κ1) is 26.6. The van der Waals surface area contributed by atoms with Crippen LogP contribution in [-0.4, -0.2) is 72.1 Å². The van der Waals surface area contributed by atoms with Crippen molar-refractivity contribution in [3.8, 4) is 5.75 Å². The highest BCUT2D eigenvalue weighted by molar-refractivity contribution is 14.0. The largest absolute Gasteiger partial charge is 0.495 e. The number of aryl methyl sites for hydroxylation is 1. The fraction of sp³-hybridized carbons (Fsp3) is 0.571. The standard InChI is InChI=1S/C21H32ClN7O2.HI/c1-16-26-27-20(28(16)2)15-25-21(23-7-4-8-29-9-11-31-12-10-29)24-14-17-5-6-19(30-3)18(22)13-17;/h5-6,13H,4,7-12,14-15H2,1-3H3,(H2,23,24,25);1H. The number of aliphatic imine (C=N–C) groups is 1. The van der Waals surface area contributed by atoms with Crippen LogP contribution in [0.4, 0.5) is 0 Å². The highest BCUT2D eigenvalue weighted by Crippen LogP contribution is 2.25. The number of nitrogens with one attached hydrogen (secondary N) is 2. The smallest absolute Gasteiger partial charge is 0.191 e. The molecule has 2 heterocycles. The Morgan fingerprint density at radius 3 is 2.69 bits per heavy atom. The summed E-state index contributed by atoms with van der Waals surface area (Å²) in [5.74, 6) is 3.12. The van der Waals surface area contributed by atoms with Crippen molar-refractivity contribution in [2.75, 3.05) is 46.5 Å². The summed E-state index contributed by atoms with van der Waals surface area (Å²) in [7, 11) is 3.56. The maximum atomic E-state index is 6.25. The summed E-state index contributed by atoms with van der Waals surface area (Å²) in [5.41, 5.74) is 1.01. The highest BCUT2D eigenvalue weighted by Gasteiger charge is 2.10. The Morgan fingerprint density at radius 1 is 1.25 bits per heavy atom. The van der Waals surface area contributed by atoms with Crippen LogP contribution in [-0.2, 0) is 24.9 Å². The first-order valence-corrected chi connectivity index (χ1v) is 10.9. The Hall–Kier alpha value is -1.63. The number of benzene rings is 1. The van der Waals surface area contributed by atoms with Crippen LogP contribution >= 0.6 is 35.6 Å². The van der Waals surface area contributed by atoms with Crippen molar-refractivity contribution in [1.82, 2.24) is 30.3 Å². The molecule has 0 spiro atoms. The van der Waals surface area contributed by atoms with Crippen molar-refractivity contribution in [3.63, 3.8) is 0 Å². The molecule has 1 aromatic carbocycles. The Bertz CT molecular complexity index is 872. The molecule has 2 aromatic rings. The minimum absolute atomic E-state index is 0. The van der Waals surface area contributed by atoms with Gasteiger partial charge in [0.2, 0.25) is 0 Å². The van der Waals surface area contributed by atoms with Crippen molar-refractivity contribution in [3.05, 3.63) is 40.4 Å². The van der Waals surface area contributed by atoms with E-state index in [1.807, 2.05) is 36.7 Å². The van der Waals surface area contributed by atoms with Gasteiger partial charge in [0.05, 0.1) is 38.4 Å². The van der Waals surface area contributed by atoms with E-state index in [9.17, 15) is 0 Å². The molecule has 3 rings (SSSR count). The normalized spacial score (nSPS) is 14.7. The Labute approximate surface area is 211 Å². The molecule has 1 fully saturated rings. The third-order valence-electron chi connectivity index (χ3n) is 5.28. The second-order valence-corrected chi connectivity index (χ2v) is 7.85. The van der Waals surface area contributed by atoms with E-state index < -0.39 is 0 Å². The van der Waals surface area contributed by atoms with Gasteiger partial charge in [-0.3, -0.25) is 4.90 Å². The van der Waals surface area contributed by atoms with Crippen LogP contribution < -0.4 is 15.4 Å². The molecule has 0 unspecified atom stereocenters. The van der Waals surface area contributed by atoms with Crippen LogP contribution in [0.2, 0.25) is 5.02 Å². The average Bonchev–Trinajstić information content (AvgIpc) is 3.11. The van der Waals surface area contributed by atoms with E-state index in [-0.39, 0.29) is 24.0 Å². The molecule has 0 amide bonds. The van der Waals surface area contributed by atoms with Gasteiger partial charge in [0.1, 0.15) is 11.6 Å². The number of aromatic nitrogens is 3. The van der Waals surface area contributed by atoms with E-state index in [2.05, 4.69) is 25.7 Å². The summed E-state index contributed by atoms with van der Waals surface area (Å²) in [6.45, 7) is 8.49. The van der Waals surface area contributed by atoms with Gasteiger partial charge < -0.3 is 24.7 Å². The summed E-state index contributed by atoms with van der Waals surface area (Å²) in [6.07, 6.45) is 1.03. The molecular weight excluding hydrogens is 545 g/mol. The van der Waals surface area contributed by atoms with Crippen molar-refractivity contribution in [1.29, 1.82) is 0 Å². The average molecular weight is 578 g/mol. The molecule has 0 bridgehead atoms. The van der Waals surface area contributed by atoms with Gasteiger partial charge in [0.15, 0.2) is 11.8 Å². The predicted molar refractivity (Wildman–Crippen MR) is 137 cm³/mol. The lowest BCUT2D eigenvalue weighted by molar-refractivity contribution is 0.0376. The summed E-state index contributed by atoms with van der Waals surface area (Å²) in [5, 5.41) is 15.7. The lowest BCUT2D eigenvalue weighted by atomic mass is 10.2. The van der Waals surface area contributed by atoms with Crippen LogP contribution in [0, 0.1) is 6.92 Å². The zero-order valence-electron chi connectivity index (χ0n) is 18.9. The van der Waals surface area contributed by atoms with Crippen LogP contribution in [0.15, 0.2) is 23.2 Å². The quantitative estimate of drug-likeness (QED) is 0.205. The molecule has 9 nitrogen and oxygen atoms in total. The van der Waals surface area contributed by atoms with E-state index in [0.717, 1.165) is 69.0 Å². The second-order valence-electron chi connectivity index (χ2n) is 7.44. The topological polar surface area (TPSA) is 88.8 Å². The zero-order chi connectivity index (χ0) is 22.1. The second kappa shape index (κ2) is 13.8. The van der Waals surface area contributed by atoms with E-state index >= 15 is 0 Å². The third-order valence-corrected chi connectivity index (χ3v) is 5.58. The minimum atomic E-state index is 0. The van der Waals surface area contributed by atoms with Gasteiger partial charge >= 0.3 is 0 Å². The van der Waals surface area contributed by atoms with Gasteiger partial charge in [-0.05, 0) is 37.6 Å². The van der Waals surface area contributed by atoms with Gasteiger partial charge in [-0.1, -0.05) is 17.7 Å². The number of hydrogen-bond donors (Lipinski definition) is 2. The number of halogens is 2. The molecule has 0 saturated carbocycles. The molecule has 178 valence electrons. The van der Waals surface area contributed by atoms with Crippen molar-refractivity contribution < 1.29 is 9.47 Å². The molecule has 1 saturated heterocycles. The first-order valence-electron chi connectivity index (χ1n) is 10.6. The zero-order valence-corrected chi connectivity index (χ0v) is 22.0. The molecule has 2 N–H and O–H groups in total. The summed E-state index contributed by atoms with van der Waals surface area (Å²) >= 11 is 6.25. The maximum absolute atomic E-state index is 6.25. The van der Waals surface area contributed by atoms with E-state index in [4.69, 9.17) is 26.1 Å². The van der Waals surface area contributed by atoms with Crippen molar-refractivity contribution >= 4 is 41.5 Å². The minimum Gasteiger partial charge on any atom is -0.495 e. The fourth-order valence-electron chi connectivity index (χ4n) is 3.25. The number of ether oxygens (including phenoxy) is 2. The maximum Gasteiger partial charge on any atom is 0.191 e. The Kier molecular flexibility index (Phi) is 11.5. The van der Waals surface area contributed by atoms with E-state index in [1.165, 1.54) is 0 Å². The highest BCUT2D eigenvalue weighted by atomic mass is 127. The van der Waals surface area contributed by atoms with Gasteiger partial charge in [0.25, 0.3) is 0 Å². The lowest BCUT2D eigenvalue weighted by Crippen LogP contribution is -2.40. The number of guanidine groups is 1. The summed E-state index contributed by atoms with van der Waals surface area (Å²) in [4.78, 5) is 7.16. The van der Waals surface area contributed by atoms with Crippen LogP contribution in [0.25, 0.3) is 0 Å². The fourth-order valence-corrected chi connectivity index (χ4v) is 3.54. The number of morpholine rings is 1. The predicted octanol–water partition coefficient (Wildman–Crippen LogP) is 2.36. The van der Waals surface area contributed by atoms with Gasteiger partial charge in [0, 0.05) is 26.7 Å². The number of hydrogen-bond acceptors (Lipinski definition) is 6. The molecule has 0 atom stereocenters. The van der Waals surface area contributed by atoms with Crippen molar-refractivity contribution in [2.45, 2.75) is 26.4 Å². The van der Waals surface area contributed by atoms with Crippen LogP contribution in [0.3, 0.4) is 0 Å². The Morgan fingerprint density at radius 2 is 2.03 bits per heavy atom. The van der Waals surface area contributed by atoms with Gasteiger partial charge in [-0.2, -0.15) is 0 Å². The first-order chi connectivity index (χ1) is 15.1. The van der Waals surface area contributed by atoms with E-state index in [1.54, 1.807) is 7.11 Å². The number of rotatable bonds is 9. The van der Waals surface area contributed by atoms with Crippen LogP contribution in [0.1, 0.15) is 23.6 Å². The Balaban J connectivity index is 0.00000363. The number of nitrogens with zero attached hydrogens (tertiary/aromatic N) is 5. The monoisotopic (exact) mass is 577 g/mol. The molecule has 32 heavy (non-hydrogen) atoms. The SMILES string of the molecule is COc1ccc(CN=C(NCCCN2CCOCC2)NCc2nnc(C)n2C)cc1Cl.I. The summed E-state index contributed by atoms with van der Waals surface area (Å²) < 4.78 is 12.6. The summed E-state index contributed by atoms with van der Waals surface area (Å²) in [6, 6.07) is 5.71. The lowest BCUT2D eigenvalue weighted by Gasteiger charge is -2.26. The number of methoxy groups -OCH3 is 1. The van der Waals surface area contributed by atoms with Gasteiger partial charge in [-0.15, -0.1) is 34.2 Å². The van der Waals surface area contributed by atoms with E-state index in [0.29, 0.717) is 23.9 Å². The van der Waals surface area contributed by atoms with Gasteiger partial charge in [-0.25, -0.2) is 4.99 Å². The molecule has 1 aliphatic heterocycles. The molecule has 1 aromatic heterocycles. The third kappa shape index (κ3) is 8.05.